The first kappa shape index (κ1) is 23.8. The maximum absolute atomic E-state index is 12.8. The maximum Gasteiger partial charge on any atom is 0.344 e. The zero-order valence-electron chi connectivity index (χ0n) is 18.2. The second-order valence-corrected chi connectivity index (χ2v) is 8.54. The predicted molar refractivity (Wildman–Crippen MR) is 123 cm³/mol. The quantitative estimate of drug-likeness (QED) is 0.224. The molecule has 1 aliphatic heterocycles. The highest BCUT2D eigenvalue weighted by Gasteiger charge is 2.32. The first-order valence-corrected chi connectivity index (χ1v) is 10.2. The molecule has 0 radical (unpaired) electrons. The Balaban J connectivity index is 2.08. The van der Waals surface area contributed by atoms with Crippen molar-refractivity contribution in [1.29, 1.82) is 0 Å². The second-order valence-electron chi connectivity index (χ2n) is 8.13. The van der Waals surface area contributed by atoms with E-state index in [9.17, 15) is 24.8 Å². The van der Waals surface area contributed by atoms with Gasteiger partial charge < -0.3 is 9.84 Å². The lowest BCUT2D eigenvalue weighted by atomic mass is 9.99. The van der Waals surface area contributed by atoms with Crippen LogP contribution >= 0.6 is 11.6 Å². The summed E-state index contributed by atoms with van der Waals surface area (Å²) in [6.07, 6.45) is 0. The van der Waals surface area contributed by atoms with E-state index in [0.717, 1.165) is 12.1 Å². The molecule has 0 saturated heterocycles. The number of esters is 1. The van der Waals surface area contributed by atoms with E-state index in [-0.39, 0.29) is 39.2 Å². The van der Waals surface area contributed by atoms with E-state index in [0.29, 0.717) is 11.1 Å². The van der Waals surface area contributed by atoms with Crippen LogP contribution in [0.5, 0.6) is 0 Å². The third-order valence-corrected chi connectivity index (χ3v) is 4.76. The van der Waals surface area contributed by atoms with E-state index in [1.807, 2.05) is 0 Å². The highest BCUT2D eigenvalue weighted by atomic mass is 35.5. The highest BCUT2D eigenvalue weighted by molar-refractivity contribution is 6.37. The summed E-state index contributed by atoms with van der Waals surface area (Å²) in [5.74, 6) is -1.85. The Bertz CT molecular complexity index is 1270. The van der Waals surface area contributed by atoms with E-state index in [1.165, 1.54) is 13.0 Å². The molecule has 33 heavy (non-hydrogen) atoms. The molecule has 0 atom stereocenters. The summed E-state index contributed by atoms with van der Waals surface area (Å²) in [4.78, 5) is 44.2. The molecule has 0 bridgehead atoms. The van der Waals surface area contributed by atoms with Crippen LogP contribution in [0.4, 0.5) is 5.69 Å². The molecule has 2 aromatic carbocycles. The van der Waals surface area contributed by atoms with Crippen molar-refractivity contribution in [3.63, 3.8) is 0 Å². The monoisotopic (exact) mass is 469 g/mol. The summed E-state index contributed by atoms with van der Waals surface area (Å²) in [7, 11) is 0. The number of halogens is 1. The third-order valence-electron chi connectivity index (χ3n) is 4.44. The smallest absolute Gasteiger partial charge is 0.344 e. The van der Waals surface area contributed by atoms with Crippen molar-refractivity contribution >= 4 is 40.7 Å². The molecule has 1 amide bonds. The predicted octanol–water partition coefficient (Wildman–Crippen LogP) is 4.81. The van der Waals surface area contributed by atoms with Crippen molar-refractivity contribution in [1.82, 2.24) is 0 Å². The number of nitro benzene ring substituents is 1. The number of carbonyl (C=O) groups is 2. The standard InChI is InChI=1S/C23H20ClN3O6/c1-12(28)18(22(30)33-23(2,3)4)19-14-7-5-6-8-15(14)20(25-19)26-21(29)16-10-9-13(27(31)32)11-17(16)24/h5-11,28H,1-4H3. The number of amidine groups is 1. The van der Waals surface area contributed by atoms with Crippen molar-refractivity contribution in [2.24, 2.45) is 9.98 Å². The first-order valence-electron chi connectivity index (χ1n) is 9.78. The minimum Gasteiger partial charge on any atom is -0.512 e. The third kappa shape index (κ3) is 5.15. The highest BCUT2D eigenvalue weighted by Crippen LogP contribution is 2.28. The average Bonchev–Trinajstić information content (AvgIpc) is 3.04. The minimum atomic E-state index is -0.810. The lowest BCUT2D eigenvalue weighted by Gasteiger charge is -2.21. The Hall–Kier alpha value is -3.85. The Morgan fingerprint density at radius 2 is 1.79 bits per heavy atom. The number of rotatable bonds is 4. The van der Waals surface area contributed by atoms with Crippen molar-refractivity contribution in [3.8, 4) is 0 Å². The van der Waals surface area contributed by atoms with Crippen LogP contribution < -0.4 is 0 Å². The molecule has 1 heterocycles. The number of aliphatic hydroxyl groups excluding tert-OH is 1. The number of aliphatic imine (C=N–C) groups is 2. The molecular weight excluding hydrogens is 450 g/mol. The number of carbonyl (C=O) groups excluding carboxylic acids is 2. The summed E-state index contributed by atoms with van der Waals surface area (Å²) < 4.78 is 5.40. The lowest BCUT2D eigenvalue weighted by Crippen LogP contribution is -2.28. The fraction of sp³-hybridized carbons (Fsp3) is 0.217. The maximum atomic E-state index is 12.8. The number of ether oxygens (including phenoxy) is 1. The van der Waals surface area contributed by atoms with E-state index in [4.69, 9.17) is 16.3 Å². The average molecular weight is 470 g/mol. The van der Waals surface area contributed by atoms with Gasteiger partial charge in [0.1, 0.15) is 16.9 Å². The molecule has 0 aliphatic carbocycles. The first-order chi connectivity index (χ1) is 15.4. The van der Waals surface area contributed by atoms with Gasteiger partial charge in [0.2, 0.25) is 0 Å². The fourth-order valence-corrected chi connectivity index (χ4v) is 3.33. The summed E-state index contributed by atoms with van der Waals surface area (Å²) in [6.45, 7) is 6.42. The summed E-state index contributed by atoms with van der Waals surface area (Å²) in [5, 5.41) is 21.0. The molecular formula is C23H20ClN3O6. The number of fused-ring (bicyclic) bond motifs is 1. The molecule has 170 valence electrons. The van der Waals surface area contributed by atoms with Crippen LogP contribution in [0.1, 0.15) is 49.2 Å². The Labute approximate surface area is 194 Å². The number of non-ortho nitro benzene ring substituents is 1. The number of amides is 1. The van der Waals surface area contributed by atoms with Crippen molar-refractivity contribution in [2.75, 3.05) is 0 Å². The zero-order valence-corrected chi connectivity index (χ0v) is 19.0. The van der Waals surface area contributed by atoms with Crippen LogP contribution in [0.3, 0.4) is 0 Å². The van der Waals surface area contributed by atoms with Gasteiger partial charge in [-0.25, -0.2) is 9.79 Å². The molecule has 0 unspecified atom stereocenters. The topological polar surface area (TPSA) is 131 Å². The van der Waals surface area contributed by atoms with Crippen LogP contribution in [0.2, 0.25) is 5.02 Å². The Morgan fingerprint density at radius 1 is 1.15 bits per heavy atom. The van der Waals surface area contributed by atoms with Crippen LogP contribution in [-0.4, -0.2) is 39.1 Å². The second kappa shape index (κ2) is 8.95. The molecule has 2 aromatic rings. The van der Waals surface area contributed by atoms with Gasteiger partial charge in [0.05, 0.1) is 21.2 Å². The van der Waals surface area contributed by atoms with Gasteiger partial charge in [-0.2, -0.15) is 4.99 Å². The van der Waals surface area contributed by atoms with E-state index in [1.54, 1.807) is 45.0 Å². The molecule has 1 N–H and O–H groups in total. The molecule has 1 aliphatic rings. The summed E-state index contributed by atoms with van der Waals surface area (Å²) in [5.41, 5.74) is -0.215. The molecule has 0 saturated carbocycles. The number of benzene rings is 2. The molecule has 10 heteroatoms. The van der Waals surface area contributed by atoms with Crippen LogP contribution in [-0.2, 0) is 9.53 Å². The number of nitrogens with zero attached hydrogens (tertiary/aromatic N) is 3. The van der Waals surface area contributed by atoms with Gasteiger partial charge in [-0.1, -0.05) is 35.9 Å². The molecule has 0 aromatic heterocycles. The van der Waals surface area contributed by atoms with Crippen LogP contribution in [0, 0.1) is 10.1 Å². The SMILES string of the molecule is CC(O)=C(C(=O)OC(C)(C)C)C1=NC(=NC(=O)c2ccc([N+](=O)[O-])cc2Cl)c2ccccc21. The Kier molecular flexibility index (Phi) is 6.46. The molecule has 9 nitrogen and oxygen atoms in total. The fourth-order valence-electron chi connectivity index (χ4n) is 3.08. The van der Waals surface area contributed by atoms with Crippen LogP contribution in [0.25, 0.3) is 0 Å². The van der Waals surface area contributed by atoms with Gasteiger partial charge in [-0.15, -0.1) is 0 Å². The molecule has 0 spiro atoms. The number of aliphatic hydroxyl groups is 1. The van der Waals surface area contributed by atoms with Gasteiger partial charge in [0, 0.05) is 23.3 Å². The number of allylic oxidation sites excluding steroid dienone is 1. The van der Waals surface area contributed by atoms with Gasteiger partial charge in [-0.05, 0) is 33.8 Å². The summed E-state index contributed by atoms with van der Waals surface area (Å²) in [6, 6.07) is 10.2. The zero-order chi connectivity index (χ0) is 24.5. The molecule has 3 rings (SSSR count). The lowest BCUT2D eigenvalue weighted by molar-refractivity contribution is -0.384. The summed E-state index contributed by atoms with van der Waals surface area (Å²) >= 11 is 6.05. The van der Waals surface area contributed by atoms with E-state index < -0.39 is 22.4 Å². The number of nitro groups is 1. The minimum absolute atomic E-state index is 0.00216. The van der Waals surface area contributed by atoms with Gasteiger partial charge in [0.25, 0.3) is 11.6 Å². The number of hydrogen-bond acceptors (Lipinski definition) is 6. The Morgan fingerprint density at radius 3 is 2.33 bits per heavy atom. The normalized spacial score (nSPS) is 14.9. The van der Waals surface area contributed by atoms with Crippen LogP contribution in [0.15, 0.2) is 63.8 Å². The van der Waals surface area contributed by atoms with Crippen molar-refractivity contribution in [2.45, 2.75) is 33.3 Å². The van der Waals surface area contributed by atoms with Gasteiger partial charge in [-0.3, -0.25) is 14.9 Å². The van der Waals surface area contributed by atoms with Crippen molar-refractivity contribution < 1.29 is 24.4 Å². The molecule has 0 fully saturated rings. The van der Waals surface area contributed by atoms with E-state index >= 15 is 0 Å². The van der Waals surface area contributed by atoms with Gasteiger partial charge in [0.15, 0.2) is 5.84 Å². The van der Waals surface area contributed by atoms with Crippen molar-refractivity contribution in [3.05, 3.63) is 85.6 Å². The number of hydrogen-bond donors (Lipinski definition) is 1. The van der Waals surface area contributed by atoms with E-state index in [2.05, 4.69) is 9.98 Å². The van der Waals surface area contributed by atoms with Gasteiger partial charge >= 0.3 is 5.97 Å². The largest absolute Gasteiger partial charge is 0.512 e.